The fourth-order valence-corrected chi connectivity index (χ4v) is 1.92. The second-order valence-electron chi connectivity index (χ2n) is 1.58. The normalized spacial score (nSPS) is 25.5. The van der Waals surface area contributed by atoms with E-state index in [-0.39, 0.29) is 11.2 Å². The van der Waals surface area contributed by atoms with Crippen molar-refractivity contribution in [1.82, 2.24) is 0 Å². The molecular weight excluding hydrogens is 96.1 g/mol. The van der Waals surface area contributed by atoms with Gasteiger partial charge in [-0.15, -0.1) is 0 Å². The van der Waals surface area contributed by atoms with E-state index in [4.69, 9.17) is 4.55 Å². The minimum absolute atomic E-state index is 0.173. The highest BCUT2D eigenvalue weighted by Crippen LogP contribution is 2.08. The summed E-state index contributed by atoms with van der Waals surface area (Å²) in [6.07, 6.45) is 2.50. The van der Waals surface area contributed by atoms with Crippen LogP contribution in [0.5, 0.6) is 0 Å². The molecule has 1 rings (SSSR count). The van der Waals surface area contributed by atoms with Crippen molar-refractivity contribution in [2.24, 2.45) is 0 Å². The molecule has 1 N–H and O–H groups in total. The Balaban J connectivity index is 2.18. The molecule has 1 heterocycles. The molecule has 2 heteroatoms. The van der Waals surface area contributed by atoms with Gasteiger partial charge < -0.3 is 0 Å². The van der Waals surface area contributed by atoms with Gasteiger partial charge in [0.2, 0.25) is 0 Å². The third-order valence-electron chi connectivity index (χ3n) is 1.01. The zero-order valence-electron chi connectivity index (χ0n) is 3.68. The number of rotatable bonds is 0. The fraction of sp³-hybridized carbons (Fsp3) is 1.00. The topological polar surface area (TPSA) is 20.2 Å². The molecule has 36 valence electrons. The highest BCUT2D eigenvalue weighted by atomic mass is 32.2. The first-order chi connectivity index (χ1) is 2.89. The van der Waals surface area contributed by atoms with Crippen molar-refractivity contribution in [3.8, 4) is 0 Å². The molecule has 0 amide bonds. The SMILES string of the molecule is O[S+]1CCCC1. The van der Waals surface area contributed by atoms with Crippen molar-refractivity contribution >= 4 is 11.2 Å². The summed E-state index contributed by atoms with van der Waals surface area (Å²) >= 11 is -0.173. The quantitative estimate of drug-likeness (QED) is 0.453. The summed E-state index contributed by atoms with van der Waals surface area (Å²) in [5, 5.41) is 0. The van der Waals surface area contributed by atoms with E-state index in [9.17, 15) is 0 Å². The molecule has 0 spiro atoms. The molecule has 0 radical (unpaired) electrons. The zero-order chi connectivity index (χ0) is 4.41. The van der Waals surface area contributed by atoms with Gasteiger partial charge in [0, 0.05) is 0 Å². The van der Waals surface area contributed by atoms with Gasteiger partial charge >= 0.3 is 0 Å². The van der Waals surface area contributed by atoms with Gasteiger partial charge in [0.05, 0.1) is 0 Å². The summed E-state index contributed by atoms with van der Waals surface area (Å²) in [7, 11) is 0. The maximum Gasteiger partial charge on any atom is 0.143 e. The maximum absolute atomic E-state index is 8.76. The van der Waals surface area contributed by atoms with E-state index in [1.165, 1.54) is 12.8 Å². The lowest BCUT2D eigenvalue weighted by atomic mass is 10.4. The molecule has 0 saturated carbocycles. The first-order valence-corrected chi connectivity index (χ1v) is 3.78. The Morgan fingerprint density at radius 3 is 1.83 bits per heavy atom. The summed E-state index contributed by atoms with van der Waals surface area (Å²) in [5.41, 5.74) is 0. The van der Waals surface area contributed by atoms with E-state index in [1.807, 2.05) is 0 Å². The number of hydrogen-bond acceptors (Lipinski definition) is 1. The molecule has 1 fully saturated rings. The van der Waals surface area contributed by atoms with Crippen LogP contribution in [0.25, 0.3) is 0 Å². The van der Waals surface area contributed by atoms with Gasteiger partial charge in [0.15, 0.2) is 0 Å². The first-order valence-electron chi connectivity index (χ1n) is 2.26. The van der Waals surface area contributed by atoms with Gasteiger partial charge in [0.1, 0.15) is 22.7 Å². The molecule has 0 bridgehead atoms. The van der Waals surface area contributed by atoms with Crippen LogP contribution in [-0.2, 0) is 11.2 Å². The third-order valence-corrected chi connectivity index (χ3v) is 2.53. The lowest BCUT2D eigenvalue weighted by molar-refractivity contribution is 0.645. The molecule has 0 unspecified atom stereocenters. The highest BCUT2D eigenvalue weighted by molar-refractivity contribution is 7.91. The van der Waals surface area contributed by atoms with Gasteiger partial charge in [-0.3, -0.25) is 0 Å². The Kier molecular flexibility index (Phi) is 1.37. The second kappa shape index (κ2) is 1.85. The van der Waals surface area contributed by atoms with Crippen molar-refractivity contribution in [2.75, 3.05) is 11.5 Å². The standard InChI is InChI=1S/C4H9OS/c5-6-3-1-2-4-6/h5H,1-4H2/q+1. The van der Waals surface area contributed by atoms with Crippen LogP contribution in [0, 0.1) is 0 Å². The molecule has 1 saturated heterocycles. The summed E-state index contributed by atoms with van der Waals surface area (Å²) in [6, 6.07) is 0. The summed E-state index contributed by atoms with van der Waals surface area (Å²) in [4.78, 5) is 0. The molecular formula is C4H9OS+. The van der Waals surface area contributed by atoms with Gasteiger partial charge in [-0.25, -0.2) is 0 Å². The Bertz CT molecular complexity index is 40.8. The van der Waals surface area contributed by atoms with E-state index in [1.54, 1.807) is 0 Å². The minimum Gasteiger partial charge on any atom is -0.188 e. The predicted octanol–water partition coefficient (Wildman–Crippen LogP) is 0.871. The van der Waals surface area contributed by atoms with E-state index >= 15 is 0 Å². The van der Waals surface area contributed by atoms with E-state index < -0.39 is 0 Å². The summed E-state index contributed by atoms with van der Waals surface area (Å²) < 4.78 is 8.76. The third kappa shape index (κ3) is 0.884. The van der Waals surface area contributed by atoms with Gasteiger partial charge in [0.25, 0.3) is 0 Å². The molecule has 1 aliphatic heterocycles. The maximum atomic E-state index is 8.76. The van der Waals surface area contributed by atoms with E-state index in [0.29, 0.717) is 0 Å². The van der Waals surface area contributed by atoms with E-state index in [2.05, 4.69) is 0 Å². The molecule has 0 aliphatic carbocycles. The molecule has 0 aromatic carbocycles. The van der Waals surface area contributed by atoms with Crippen LogP contribution in [0.4, 0.5) is 0 Å². The lowest BCUT2D eigenvalue weighted by Crippen LogP contribution is -1.97. The highest BCUT2D eigenvalue weighted by Gasteiger charge is 2.20. The minimum atomic E-state index is -0.173. The van der Waals surface area contributed by atoms with Crippen molar-refractivity contribution in [2.45, 2.75) is 12.8 Å². The smallest absolute Gasteiger partial charge is 0.143 e. The van der Waals surface area contributed by atoms with Crippen LogP contribution in [0.3, 0.4) is 0 Å². The van der Waals surface area contributed by atoms with Gasteiger partial charge in [-0.1, -0.05) is 0 Å². The molecule has 6 heavy (non-hydrogen) atoms. The fourth-order valence-electron chi connectivity index (χ4n) is 0.639. The molecule has 0 aromatic rings. The molecule has 1 aliphatic rings. The number of hydrogen-bond donors (Lipinski definition) is 1. The molecule has 0 aromatic heterocycles. The van der Waals surface area contributed by atoms with E-state index in [0.717, 1.165) is 11.5 Å². The summed E-state index contributed by atoms with van der Waals surface area (Å²) in [6.45, 7) is 0. The average Bonchev–Trinajstić information content (AvgIpc) is 1.86. The van der Waals surface area contributed by atoms with Gasteiger partial charge in [-0.05, 0) is 12.8 Å². The first kappa shape index (κ1) is 4.47. The monoisotopic (exact) mass is 105 g/mol. The van der Waals surface area contributed by atoms with Crippen LogP contribution in [0.15, 0.2) is 0 Å². The second-order valence-corrected chi connectivity index (χ2v) is 3.32. The Morgan fingerprint density at radius 1 is 1.17 bits per heavy atom. The van der Waals surface area contributed by atoms with Crippen LogP contribution in [0.2, 0.25) is 0 Å². The van der Waals surface area contributed by atoms with Crippen molar-refractivity contribution in [3.63, 3.8) is 0 Å². The largest absolute Gasteiger partial charge is 0.188 e. The van der Waals surface area contributed by atoms with Crippen molar-refractivity contribution < 1.29 is 4.55 Å². The molecule has 0 atom stereocenters. The van der Waals surface area contributed by atoms with Crippen LogP contribution < -0.4 is 0 Å². The average molecular weight is 105 g/mol. The van der Waals surface area contributed by atoms with Crippen LogP contribution in [0.1, 0.15) is 12.8 Å². The Hall–Kier alpha value is 0.310. The Labute approximate surface area is 40.9 Å². The zero-order valence-corrected chi connectivity index (χ0v) is 4.50. The summed E-state index contributed by atoms with van der Waals surface area (Å²) in [5.74, 6) is 2.14. The van der Waals surface area contributed by atoms with Crippen molar-refractivity contribution in [3.05, 3.63) is 0 Å². The Morgan fingerprint density at radius 2 is 1.67 bits per heavy atom. The van der Waals surface area contributed by atoms with Gasteiger partial charge in [-0.2, -0.15) is 4.55 Å². The van der Waals surface area contributed by atoms with Crippen LogP contribution in [-0.4, -0.2) is 16.1 Å². The predicted molar refractivity (Wildman–Crippen MR) is 29.0 cm³/mol. The lowest BCUT2D eigenvalue weighted by Gasteiger charge is -1.77. The van der Waals surface area contributed by atoms with Crippen molar-refractivity contribution in [1.29, 1.82) is 0 Å². The molecule has 1 nitrogen and oxygen atoms in total. The van der Waals surface area contributed by atoms with Crippen LogP contribution >= 0.6 is 0 Å².